The summed E-state index contributed by atoms with van der Waals surface area (Å²) in [7, 11) is -1.49. The molecule has 9 nitrogen and oxygen atoms in total. The lowest BCUT2D eigenvalue weighted by Crippen LogP contribution is -2.57. The normalized spacial score (nSPS) is 21.8. The van der Waals surface area contributed by atoms with E-state index >= 15 is 0 Å². The summed E-state index contributed by atoms with van der Waals surface area (Å²) in [4.78, 5) is 39.5. The molecular formula is C23H35BN2O7. The van der Waals surface area contributed by atoms with E-state index in [0.717, 1.165) is 5.56 Å². The third kappa shape index (κ3) is 8.36. The number of likely N-dealkylation sites (tertiary alicyclic amines) is 1. The molecule has 0 bridgehead atoms. The first-order valence-electron chi connectivity index (χ1n) is 11.2. The van der Waals surface area contributed by atoms with Crippen LogP contribution in [-0.2, 0) is 20.7 Å². The van der Waals surface area contributed by atoms with Gasteiger partial charge in [0.2, 0.25) is 5.91 Å². The van der Waals surface area contributed by atoms with Crippen LogP contribution in [0.25, 0.3) is 0 Å². The predicted octanol–water partition coefficient (Wildman–Crippen LogP) is 1.92. The minimum Gasteiger partial charge on any atom is -0.481 e. The van der Waals surface area contributed by atoms with Crippen LogP contribution in [0.15, 0.2) is 30.3 Å². The van der Waals surface area contributed by atoms with Gasteiger partial charge in [-0.2, -0.15) is 0 Å². The lowest BCUT2D eigenvalue weighted by molar-refractivity contribution is -0.156. The molecule has 0 spiro atoms. The summed E-state index contributed by atoms with van der Waals surface area (Å²) in [5.74, 6) is -1.63. The number of nitrogens with zero attached hydrogens (tertiary/aromatic N) is 1. The number of alkyl carbamates (subject to hydrolysis) is 1. The summed E-state index contributed by atoms with van der Waals surface area (Å²) < 4.78 is 5.34. The van der Waals surface area contributed by atoms with Crippen molar-refractivity contribution in [1.29, 1.82) is 0 Å². The largest absolute Gasteiger partial charge is 0.481 e. The Labute approximate surface area is 195 Å². The second kappa shape index (κ2) is 11.0. The fourth-order valence-electron chi connectivity index (χ4n) is 4.18. The van der Waals surface area contributed by atoms with E-state index in [9.17, 15) is 29.5 Å². The highest BCUT2D eigenvalue weighted by molar-refractivity contribution is 6.40. The van der Waals surface area contributed by atoms with Crippen molar-refractivity contribution < 1.29 is 34.3 Å². The van der Waals surface area contributed by atoms with E-state index in [0.29, 0.717) is 12.8 Å². The zero-order valence-electron chi connectivity index (χ0n) is 19.8. The highest BCUT2D eigenvalue weighted by atomic mass is 16.6. The van der Waals surface area contributed by atoms with Crippen molar-refractivity contribution in [2.75, 3.05) is 13.1 Å². The molecule has 2 rings (SSSR count). The van der Waals surface area contributed by atoms with Crippen LogP contribution < -0.4 is 5.32 Å². The maximum Gasteiger partial charge on any atom is 0.451 e. The number of carboxylic acids is 1. The molecule has 1 saturated heterocycles. The molecule has 4 N–H and O–H groups in total. The molecule has 0 unspecified atom stereocenters. The first kappa shape index (κ1) is 26.7. The van der Waals surface area contributed by atoms with E-state index < -0.39 is 42.1 Å². The minimum atomic E-state index is -1.49. The zero-order chi connectivity index (χ0) is 24.8. The van der Waals surface area contributed by atoms with Crippen molar-refractivity contribution >= 4 is 25.1 Å². The lowest BCUT2D eigenvalue weighted by atomic mass is 9.72. The van der Waals surface area contributed by atoms with Crippen LogP contribution in [0.3, 0.4) is 0 Å². The van der Waals surface area contributed by atoms with Gasteiger partial charge in [0.1, 0.15) is 11.6 Å². The molecule has 1 aliphatic rings. The summed E-state index contributed by atoms with van der Waals surface area (Å²) in [5, 5.41) is 31.0. The molecule has 1 aromatic carbocycles. The number of piperidine rings is 1. The molecule has 33 heavy (non-hydrogen) atoms. The van der Waals surface area contributed by atoms with Gasteiger partial charge in [-0.3, -0.25) is 9.59 Å². The molecule has 0 aromatic heterocycles. The molecule has 1 aromatic rings. The van der Waals surface area contributed by atoms with Crippen molar-refractivity contribution in [1.82, 2.24) is 10.2 Å². The molecule has 1 aliphatic heterocycles. The number of hydrogen-bond donors (Lipinski definition) is 4. The molecule has 10 heteroatoms. The summed E-state index contributed by atoms with van der Waals surface area (Å²) in [6.07, 6.45) is 0.273. The lowest BCUT2D eigenvalue weighted by Gasteiger charge is -2.43. The molecule has 3 atom stereocenters. The van der Waals surface area contributed by atoms with Gasteiger partial charge in [0.05, 0.1) is 5.41 Å². The summed E-state index contributed by atoms with van der Waals surface area (Å²) in [6, 6.07) is 8.28. The summed E-state index contributed by atoms with van der Waals surface area (Å²) >= 11 is 0. The highest BCUT2D eigenvalue weighted by Crippen LogP contribution is 2.36. The number of amides is 2. The Balaban J connectivity index is 2.26. The molecule has 1 fully saturated rings. The van der Waals surface area contributed by atoms with Gasteiger partial charge in [0.25, 0.3) is 0 Å². The third-order valence-electron chi connectivity index (χ3n) is 5.69. The van der Waals surface area contributed by atoms with Gasteiger partial charge in [0, 0.05) is 19.5 Å². The first-order chi connectivity index (χ1) is 15.3. The van der Waals surface area contributed by atoms with E-state index in [1.807, 2.05) is 30.3 Å². The van der Waals surface area contributed by atoms with Gasteiger partial charge in [-0.1, -0.05) is 36.8 Å². The van der Waals surface area contributed by atoms with E-state index in [-0.39, 0.29) is 31.7 Å². The number of benzene rings is 1. The fraction of sp³-hybridized carbons (Fsp3) is 0.609. The van der Waals surface area contributed by atoms with Gasteiger partial charge in [-0.15, -0.1) is 0 Å². The fourth-order valence-corrected chi connectivity index (χ4v) is 4.18. The first-order valence-corrected chi connectivity index (χ1v) is 11.2. The van der Waals surface area contributed by atoms with Crippen LogP contribution in [0.2, 0.25) is 6.32 Å². The number of carbonyl (C=O) groups excluding carboxylic acids is 2. The van der Waals surface area contributed by atoms with Gasteiger partial charge in [-0.05, 0) is 51.9 Å². The maximum absolute atomic E-state index is 13.6. The molecule has 182 valence electrons. The van der Waals surface area contributed by atoms with E-state index in [2.05, 4.69) is 5.32 Å². The van der Waals surface area contributed by atoms with Gasteiger partial charge in [0.15, 0.2) is 0 Å². The van der Waals surface area contributed by atoms with Crippen molar-refractivity contribution in [3.8, 4) is 0 Å². The van der Waals surface area contributed by atoms with Gasteiger partial charge >= 0.3 is 19.2 Å². The highest BCUT2D eigenvalue weighted by Gasteiger charge is 2.44. The molecule has 1 heterocycles. The number of rotatable bonds is 8. The second-order valence-corrected chi connectivity index (χ2v) is 10.1. The minimum absolute atomic E-state index is 0.000628. The van der Waals surface area contributed by atoms with Gasteiger partial charge < -0.3 is 30.1 Å². The molecule has 2 amide bonds. The van der Waals surface area contributed by atoms with Crippen molar-refractivity contribution in [3.63, 3.8) is 0 Å². The molecule has 0 radical (unpaired) electrons. The topological polar surface area (TPSA) is 136 Å². The SMILES string of the molecule is CC(C)(C)OC(=O)N[C@@H](Cc1ccccc1)C(=O)N1C[C@@H](CCB(O)O)C[C@](C)(C(=O)O)C1. The average molecular weight is 462 g/mol. The Morgan fingerprint density at radius 1 is 1.24 bits per heavy atom. The van der Waals surface area contributed by atoms with Crippen LogP contribution in [0.1, 0.15) is 46.1 Å². The Bertz CT molecular complexity index is 828. The third-order valence-corrected chi connectivity index (χ3v) is 5.69. The molecule has 0 aliphatic carbocycles. The van der Waals surface area contributed by atoms with Crippen molar-refractivity contribution in [3.05, 3.63) is 35.9 Å². The van der Waals surface area contributed by atoms with Crippen molar-refractivity contribution in [2.45, 2.75) is 64.9 Å². The van der Waals surface area contributed by atoms with Crippen LogP contribution >= 0.6 is 0 Å². The number of hydrogen-bond acceptors (Lipinski definition) is 6. The Morgan fingerprint density at radius 2 is 1.88 bits per heavy atom. The quantitative estimate of drug-likeness (QED) is 0.434. The molecular weight excluding hydrogens is 427 g/mol. The van der Waals surface area contributed by atoms with Crippen LogP contribution in [0.4, 0.5) is 4.79 Å². The van der Waals surface area contributed by atoms with Crippen molar-refractivity contribution in [2.24, 2.45) is 11.3 Å². The monoisotopic (exact) mass is 462 g/mol. The van der Waals surface area contributed by atoms with E-state index in [1.54, 1.807) is 27.7 Å². The van der Waals surface area contributed by atoms with E-state index in [4.69, 9.17) is 4.74 Å². The number of nitrogens with one attached hydrogen (secondary N) is 1. The summed E-state index contributed by atoms with van der Waals surface area (Å²) in [5.41, 5.74) is -1.08. The predicted molar refractivity (Wildman–Crippen MR) is 123 cm³/mol. The Hall–Kier alpha value is -2.59. The number of carboxylic acid groups (broad SMARTS) is 1. The second-order valence-electron chi connectivity index (χ2n) is 10.1. The van der Waals surface area contributed by atoms with Crippen LogP contribution in [0, 0.1) is 11.3 Å². The number of aliphatic carboxylic acids is 1. The Kier molecular flexibility index (Phi) is 8.91. The number of ether oxygens (including phenoxy) is 1. The van der Waals surface area contributed by atoms with Crippen LogP contribution in [0.5, 0.6) is 0 Å². The van der Waals surface area contributed by atoms with Gasteiger partial charge in [-0.25, -0.2) is 4.79 Å². The molecule has 0 saturated carbocycles. The Morgan fingerprint density at radius 3 is 2.42 bits per heavy atom. The average Bonchev–Trinajstić information content (AvgIpc) is 2.70. The zero-order valence-corrected chi connectivity index (χ0v) is 19.8. The number of carbonyl (C=O) groups is 3. The summed E-state index contributed by atoms with van der Waals surface area (Å²) in [6.45, 7) is 7.04. The maximum atomic E-state index is 13.6. The van der Waals surface area contributed by atoms with Crippen LogP contribution in [-0.4, -0.2) is 69.9 Å². The smallest absolute Gasteiger partial charge is 0.451 e. The van der Waals surface area contributed by atoms with E-state index in [1.165, 1.54) is 4.90 Å². The standard InChI is InChI=1S/C23H35BN2O7/c1-22(2,3)33-21(30)25-18(12-16-8-6-5-7-9-16)19(27)26-14-17(10-11-24(31)32)13-23(4,15-26)20(28)29/h5-9,17-18,31-32H,10-15H2,1-4H3,(H,25,30)(H,28,29)/t17-,18-,23-/m0/s1.